The zero-order chi connectivity index (χ0) is 20.1. The fourth-order valence-electron chi connectivity index (χ4n) is 4.09. The van der Waals surface area contributed by atoms with Crippen molar-refractivity contribution >= 4 is 17.7 Å². The number of carboxylic acid groups (broad SMARTS) is 1. The molecule has 6 heteroatoms. The van der Waals surface area contributed by atoms with Crippen molar-refractivity contribution in [2.45, 2.75) is 32.3 Å². The highest BCUT2D eigenvalue weighted by atomic mass is 35.5. The fourth-order valence-corrected chi connectivity index (χ4v) is 4.32. The van der Waals surface area contributed by atoms with E-state index in [1.54, 1.807) is 6.92 Å². The van der Waals surface area contributed by atoms with Gasteiger partial charge in [-0.2, -0.15) is 0 Å². The maximum Gasteiger partial charge on any atom is 0.404 e. The maximum absolute atomic E-state index is 9.49. The molecule has 2 aromatic carbocycles. The Hall–Kier alpha value is -2.24. The Morgan fingerprint density at radius 2 is 2.00 bits per heavy atom. The van der Waals surface area contributed by atoms with Crippen molar-refractivity contribution in [1.29, 1.82) is 0 Å². The minimum Gasteiger partial charge on any atom is -0.487 e. The van der Waals surface area contributed by atoms with Gasteiger partial charge in [0.25, 0.3) is 0 Å². The van der Waals surface area contributed by atoms with Crippen molar-refractivity contribution in [3.05, 3.63) is 64.2 Å². The number of halogens is 1. The summed E-state index contributed by atoms with van der Waals surface area (Å²) in [5.74, 6) is 2.71. The van der Waals surface area contributed by atoms with Crippen molar-refractivity contribution in [1.82, 2.24) is 10.6 Å². The van der Waals surface area contributed by atoms with Crippen molar-refractivity contribution < 1.29 is 14.6 Å². The molecule has 1 heterocycles. The second kappa shape index (κ2) is 9.30. The van der Waals surface area contributed by atoms with Crippen LogP contribution >= 0.6 is 11.6 Å². The highest BCUT2D eigenvalue weighted by Crippen LogP contribution is 2.50. The SMILES string of the molecule is CC1c2cc(Cl)c(OCc3ccccc3)cc2C2CNCC12.CCNC(=O)O. The van der Waals surface area contributed by atoms with E-state index in [2.05, 4.69) is 41.8 Å². The zero-order valence-electron chi connectivity index (χ0n) is 16.2. The topological polar surface area (TPSA) is 70.6 Å². The third kappa shape index (κ3) is 4.59. The molecule has 2 aliphatic rings. The monoisotopic (exact) mass is 402 g/mol. The lowest BCUT2D eigenvalue weighted by atomic mass is 9.91. The van der Waals surface area contributed by atoms with Gasteiger partial charge in [-0.05, 0) is 54.1 Å². The van der Waals surface area contributed by atoms with Gasteiger partial charge in [-0.1, -0.05) is 48.9 Å². The van der Waals surface area contributed by atoms with Crippen LogP contribution in [0.1, 0.15) is 42.4 Å². The number of carbonyl (C=O) groups is 1. The third-order valence-corrected chi connectivity index (χ3v) is 5.79. The van der Waals surface area contributed by atoms with Crippen molar-refractivity contribution in [3.63, 3.8) is 0 Å². The van der Waals surface area contributed by atoms with Gasteiger partial charge in [0.2, 0.25) is 0 Å². The number of rotatable bonds is 4. The fraction of sp³-hybridized carbons (Fsp3) is 0.409. The minimum absolute atomic E-state index is 0.481. The van der Waals surface area contributed by atoms with Crippen molar-refractivity contribution in [2.75, 3.05) is 19.6 Å². The second-order valence-corrected chi connectivity index (χ2v) is 7.65. The van der Waals surface area contributed by atoms with Crippen LogP contribution in [0.2, 0.25) is 5.02 Å². The van der Waals surface area contributed by atoms with Crippen LogP contribution in [0.25, 0.3) is 0 Å². The van der Waals surface area contributed by atoms with Gasteiger partial charge in [0, 0.05) is 19.0 Å². The molecule has 1 fully saturated rings. The second-order valence-electron chi connectivity index (χ2n) is 7.24. The highest BCUT2D eigenvalue weighted by Gasteiger charge is 2.41. The van der Waals surface area contributed by atoms with E-state index < -0.39 is 6.09 Å². The molecule has 1 amide bonds. The first kappa shape index (κ1) is 20.5. The Morgan fingerprint density at radius 3 is 2.64 bits per heavy atom. The lowest BCUT2D eigenvalue weighted by Crippen LogP contribution is -2.19. The van der Waals surface area contributed by atoms with E-state index >= 15 is 0 Å². The predicted molar refractivity (Wildman–Crippen MR) is 111 cm³/mol. The summed E-state index contributed by atoms with van der Waals surface area (Å²) in [6, 6.07) is 14.5. The number of nitrogens with one attached hydrogen (secondary N) is 2. The highest BCUT2D eigenvalue weighted by molar-refractivity contribution is 6.32. The van der Waals surface area contributed by atoms with Crippen LogP contribution in [0.3, 0.4) is 0 Å². The molecule has 28 heavy (non-hydrogen) atoms. The van der Waals surface area contributed by atoms with Crippen LogP contribution in [0.15, 0.2) is 42.5 Å². The van der Waals surface area contributed by atoms with Gasteiger partial charge in [0.15, 0.2) is 0 Å². The third-order valence-electron chi connectivity index (χ3n) is 5.50. The molecule has 0 saturated carbocycles. The molecule has 3 atom stereocenters. The number of amides is 1. The number of ether oxygens (including phenoxy) is 1. The van der Waals surface area contributed by atoms with Crippen LogP contribution in [0.4, 0.5) is 4.79 Å². The summed E-state index contributed by atoms with van der Waals surface area (Å²) >= 11 is 6.46. The summed E-state index contributed by atoms with van der Waals surface area (Å²) in [5, 5.41) is 14.2. The Morgan fingerprint density at radius 1 is 1.25 bits per heavy atom. The minimum atomic E-state index is -0.961. The Labute approximate surface area is 171 Å². The predicted octanol–water partition coefficient (Wildman–Crippen LogP) is 4.61. The molecular formula is C22H27ClN2O3. The van der Waals surface area contributed by atoms with Crippen LogP contribution in [0.5, 0.6) is 5.75 Å². The molecule has 4 rings (SSSR count). The summed E-state index contributed by atoms with van der Waals surface area (Å²) in [7, 11) is 0. The average Bonchev–Trinajstić information content (AvgIpc) is 3.25. The molecule has 3 N–H and O–H groups in total. The van der Waals surface area contributed by atoms with Gasteiger partial charge in [-0.25, -0.2) is 4.79 Å². The standard InChI is InChI=1S/C19H20ClNO.C3H7NO2/c1-12-14-7-18(20)19(22-11-13-5-3-2-4-6-13)8-15(14)17-10-21-9-16(12)17;1-2-4-3(5)6/h2-8,12,16-17,21H,9-11H2,1H3;4H,2H2,1H3,(H,5,6). The molecule has 0 bridgehead atoms. The first-order valence-corrected chi connectivity index (χ1v) is 10.1. The first-order chi connectivity index (χ1) is 13.5. The number of hydrogen-bond donors (Lipinski definition) is 3. The van der Waals surface area contributed by atoms with E-state index in [4.69, 9.17) is 21.4 Å². The molecular weight excluding hydrogens is 376 g/mol. The molecule has 2 aromatic rings. The Balaban J connectivity index is 0.000000330. The van der Waals surface area contributed by atoms with Crippen LogP contribution in [0, 0.1) is 5.92 Å². The molecule has 3 unspecified atom stereocenters. The van der Waals surface area contributed by atoms with Crippen LogP contribution in [-0.2, 0) is 6.61 Å². The normalized spacial score (nSPS) is 21.9. The lowest BCUT2D eigenvalue weighted by molar-refractivity contribution is 0.195. The van der Waals surface area contributed by atoms with Gasteiger partial charge in [-0.3, -0.25) is 0 Å². The number of fused-ring (bicyclic) bond motifs is 3. The van der Waals surface area contributed by atoms with Gasteiger partial charge in [0.1, 0.15) is 12.4 Å². The number of benzene rings is 2. The summed E-state index contributed by atoms with van der Waals surface area (Å²) in [6.45, 7) is 7.27. The first-order valence-electron chi connectivity index (χ1n) is 9.68. The maximum atomic E-state index is 9.49. The van der Waals surface area contributed by atoms with Crippen LogP contribution in [-0.4, -0.2) is 30.8 Å². The molecule has 5 nitrogen and oxygen atoms in total. The summed E-state index contributed by atoms with van der Waals surface area (Å²) in [5.41, 5.74) is 4.00. The molecule has 1 aliphatic carbocycles. The Kier molecular flexibility index (Phi) is 6.81. The molecule has 0 spiro atoms. The van der Waals surface area contributed by atoms with Crippen LogP contribution < -0.4 is 15.4 Å². The quantitative estimate of drug-likeness (QED) is 0.698. The molecule has 150 valence electrons. The van der Waals surface area contributed by atoms with E-state index in [-0.39, 0.29) is 0 Å². The molecule has 0 aromatic heterocycles. The van der Waals surface area contributed by atoms with E-state index in [0.29, 0.717) is 30.9 Å². The molecule has 0 radical (unpaired) electrons. The summed E-state index contributed by atoms with van der Waals surface area (Å²) in [6.07, 6.45) is -0.961. The van der Waals surface area contributed by atoms with Crippen molar-refractivity contribution in [3.8, 4) is 5.75 Å². The largest absolute Gasteiger partial charge is 0.487 e. The van der Waals surface area contributed by atoms with E-state index in [1.165, 1.54) is 11.1 Å². The van der Waals surface area contributed by atoms with Gasteiger partial charge < -0.3 is 20.5 Å². The number of hydrogen-bond acceptors (Lipinski definition) is 3. The Bertz CT molecular complexity index is 813. The van der Waals surface area contributed by atoms with E-state index in [1.807, 2.05) is 18.2 Å². The lowest BCUT2D eigenvalue weighted by Gasteiger charge is -2.14. The molecule has 1 saturated heterocycles. The average molecular weight is 403 g/mol. The smallest absolute Gasteiger partial charge is 0.404 e. The summed E-state index contributed by atoms with van der Waals surface area (Å²) in [4.78, 5) is 9.49. The van der Waals surface area contributed by atoms with Crippen molar-refractivity contribution in [2.24, 2.45) is 5.92 Å². The van der Waals surface area contributed by atoms with Gasteiger partial charge in [-0.15, -0.1) is 0 Å². The van der Waals surface area contributed by atoms with Gasteiger partial charge >= 0.3 is 6.09 Å². The zero-order valence-corrected chi connectivity index (χ0v) is 17.0. The van der Waals surface area contributed by atoms with Gasteiger partial charge in [0.05, 0.1) is 5.02 Å². The van der Waals surface area contributed by atoms with E-state index in [0.717, 1.165) is 29.4 Å². The summed E-state index contributed by atoms with van der Waals surface area (Å²) < 4.78 is 5.98. The molecule has 1 aliphatic heterocycles. The van der Waals surface area contributed by atoms with E-state index in [9.17, 15) is 4.79 Å².